The van der Waals surface area contributed by atoms with Crippen molar-refractivity contribution in [1.29, 1.82) is 0 Å². The van der Waals surface area contributed by atoms with E-state index in [0.29, 0.717) is 24.8 Å². The summed E-state index contributed by atoms with van der Waals surface area (Å²) in [5, 5.41) is 18.0. The highest BCUT2D eigenvalue weighted by Crippen LogP contribution is 2.67. The minimum absolute atomic E-state index is 0.210. The lowest BCUT2D eigenvalue weighted by molar-refractivity contribution is -0.316. The minimum atomic E-state index is -3.64. The summed E-state index contributed by atoms with van der Waals surface area (Å²) in [7, 11) is 0. The first-order valence-corrected chi connectivity index (χ1v) is 7.39. The zero-order chi connectivity index (χ0) is 17.3. The van der Waals surface area contributed by atoms with E-state index in [1.807, 2.05) is 0 Å². The van der Waals surface area contributed by atoms with Gasteiger partial charge in [0.2, 0.25) is 0 Å². The maximum atomic E-state index is 13.9. The molecule has 1 heterocycles. The smallest absolute Gasteiger partial charge is 0.256 e. The Kier molecular flexibility index (Phi) is 3.30. The van der Waals surface area contributed by atoms with E-state index in [1.54, 1.807) is 6.07 Å². The van der Waals surface area contributed by atoms with Crippen LogP contribution in [0.3, 0.4) is 0 Å². The van der Waals surface area contributed by atoms with Gasteiger partial charge in [-0.3, -0.25) is 5.10 Å². The minimum Gasteiger partial charge on any atom is -0.385 e. The highest BCUT2D eigenvalue weighted by molar-refractivity contribution is 6.31. The molecule has 1 saturated carbocycles. The second kappa shape index (κ2) is 4.60. The molecule has 3 rings (SSSR count). The van der Waals surface area contributed by atoms with E-state index in [9.17, 15) is 22.7 Å². The molecule has 3 nitrogen and oxygen atoms in total. The number of hydrogen-bond acceptors (Lipinski definition) is 2. The van der Waals surface area contributed by atoms with Gasteiger partial charge in [0.15, 0.2) is 0 Å². The van der Waals surface area contributed by atoms with Crippen LogP contribution in [0, 0.1) is 5.41 Å². The molecular weight excluding hydrogens is 336 g/mol. The number of aromatic amines is 1. The fraction of sp³-hybridized carbons (Fsp3) is 0.533. The number of fused-ring (bicyclic) bond motifs is 1. The third-order valence-electron chi connectivity index (χ3n) is 4.88. The zero-order valence-corrected chi connectivity index (χ0v) is 13.2. The molecule has 0 aliphatic heterocycles. The van der Waals surface area contributed by atoms with Crippen LogP contribution in [0.2, 0.25) is 5.02 Å². The Hall–Kier alpha value is -1.34. The van der Waals surface area contributed by atoms with Gasteiger partial charge in [-0.05, 0) is 25.0 Å². The van der Waals surface area contributed by atoms with Crippen molar-refractivity contribution >= 4 is 22.5 Å². The number of nitrogens with zero attached hydrogens (tertiary/aromatic N) is 1. The molecule has 1 aliphatic rings. The van der Waals surface area contributed by atoms with Gasteiger partial charge in [0.05, 0.1) is 17.3 Å². The van der Waals surface area contributed by atoms with E-state index < -0.39 is 35.7 Å². The van der Waals surface area contributed by atoms with Crippen molar-refractivity contribution < 1.29 is 22.7 Å². The van der Waals surface area contributed by atoms with E-state index in [2.05, 4.69) is 10.2 Å². The molecule has 1 fully saturated rings. The van der Waals surface area contributed by atoms with Crippen molar-refractivity contribution in [3.8, 4) is 0 Å². The SMILES string of the molecule is CC(F)(F)C1(C(C)(F)F)CC(O)(c2cc(Cl)cc3cn[nH]c23)C1. The van der Waals surface area contributed by atoms with Crippen LogP contribution in [0.1, 0.15) is 32.3 Å². The van der Waals surface area contributed by atoms with Crippen LogP contribution in [-0.4, -0.2) is 27.1 Å². The van der Waals surface area contributed by atoms with Gasteiger partial charge >= 0.3 is 0 Å². The molecule has 126 valence electrons. The molecule has 23 heavy (non-hydrogen) atoms. The van der Waals surface area contributed by atoms with E-state index in [1.165, 1.54) is 12.3 Å². The van der Waals surface area contributed by atoms with Gasteiger partial charge in [0, 0.05) is 29.8 Å². The molecule has 0 unspecified atom stereocenters. The standard InChI is InChI=1S/C15H15ClF4N2O/c1-12(17,18)15(13(2,19)20)6-14(23,7-15)10-4-9(16)3-8-5-21-22-11(8)10/h3-5,23H,6-7H2,1-2H3,(H,21,22). The highest BCUT2D eigenvalue weighted by atomic mass is 35.5. The first kappa shape index (κ1) is 16.5. The molecule has 2 N–H and O–H groups in total. The monoisotopic (exact) mass is 350 g/mol. The predicted molar refractivity (Wildman–Crippen MR) is 77.9 cm³/mol. The average molecular weight is 351 g/mol. The number of halogens is 5. The van der Waals surface area contributed by atoms with E-state index in [0.717, 1.165) is 0 Å². The van der Waals surface area contributed by atoms with Crippen molar-refractivity contribution in [3.05, 3.63) is 28.9 Å². The van der Waals surface area contributed by atoms with Crippen LogP contribution in [0.25, 0.3) is 10.9 Å². The molecular formula is C15H15ClF4N2O. The topological polar surface area (TPSA) is 48.9 Å². The first-order valence-electron chi connectivity index (χ1n) is 7.01. The lowest BCUT2D eigenvalue weighted by Gasteiger charge is -2.58. The summed E-state index contributed by atoms with van der Waals surface area (Å²) in [6.07, 6.45) is -0.0637. The fourth-order valence-corrected chi connectivity index (χ4v) is 3.76. The van der Waals surface area contributed by atoms with Crippen LogP contribution in [0.4, 0.5) is 17.6 Å². The van der Waals surface area contributed by atoms with Gasteiger partial charge in [-0.2, -0.15) is 5.10 Å². The summed E-state index contributed by atoms with van der Waals surface area (Å²) in [6, 6.07) is 2.98. The molecule has 0 bridgehead atoms. The zero-order valence-electron chi connectivity index (χ0n) is 12.4. The normalized spacial score (nSPS) is 20.5. The molecule has 1 aromatic heterocycles. The Morgan fingerprint density at radius 3 is 2.26 bits per heavy atom. The van der Waals surface area contributed by atoms with Crippen LogP contribution >= 0.6 is 11.6 Å². The number of H-pyrrole nitrogens is 1. The summed E-state index contributed by atoms with van der Waals surface area (Å²) >= 11 is 5.97. The summed E-state index contributed by atoms with van der Waals surface area (Å²) in [4.78, 5) is 0. The Labute approximate surface area is 134 Å². The average Bonchev–Trinajstić information content (AvgIpc) is 2.78. The lowest BCUT2D eigenvalue weighted by Crippen LogP contribution is -2.65. The maximum absolute atomic E-state index is 13.9. The van der Waals surface area contributed by atoms with Gasteiger partial charge < -0.3 is 5.11 Å². The Balaban J connectivity index is 2.07. The van der Waals surface area contributed by atoms with E-state index in [4.69, 9.17) is 11.6 Å². The summed E-state index contributed by atoms with van der Waals surface area (Å²) < 4.78 is 55.5. The van der Waals surface area contributed by atoms with Crippen molar-refractivity contribution in [2.45, 2.75) is 44.1 Å². The molecule has 2 aromatic rings. The second-order valence-corrected chi connectivity index (χ2v) is 6.97. The van der Waals surface area contributed by atoms with Crippen LogP contribution in [-0.2, 0) is 5.60 Å². The van der Waals surface area contributed by atoms with Crippen LogP contribution in [0.5, 0.6) is 0 Å². The van der Waals surface area contributed by atoms with Gasteiger partial charge in [0.1, 0.15) is 5.41 Å². The van der Waals surface area contributed by atoms with Crippen molar-refractivity contribution in [2.24, 2.45) is 5.41 Å². The van der Waals surface area contributed by atoms with Crippen LogP contribution in [0.15, 0.2) is 18.3 Å². The summed E-state index contributed by atoms with van der Waals surface area (Å²) in [5.41, 5.74) is -3.79. The van der Waals surface area contributed by atoms with Crippen LogP contribution < -0.4 is 0 Å². The number of aliphatic hydroxyl groups is 1. The summed E-state index contributed by atoms with van der Waals surface area (Å²) in [6.45, 7) is 0.932. The Morgan fingerprint density at radius 1 is 1.17 bits per heavy atom. The van der Waals surface area contributed by atoms with Crippen molar-refractivity contribution in [2.75, 3.05) is 0 Å². The number of hydrogen-bond donors (Lipinski definition) is 2. The number of alkyl halides is 4. The van der Waals surface area contributed by atoms with Gasteiger partial charge in [-0.25, -0.2) is 17.6 Å². The number of aromatic nitrogens is 2. The molecule has 0 atom stereocenters. The largest absolute Gasteiger partial charge is 0.385 e. The summed E-state index contributed by atoms with van der Waals surface area (Å²) in [5.74, 6) is -7.27. The second-order valence-electron chi connectivity index (χ2n) is 6.53. The molecule has 0 amide bonds. The van der Waals surface area contributed by atoms with Gasteiger partial charge in [0.25, 0.3) is 11.8 Å². The number of nitrogens with one attached hydrogen (secondary N) is 1. The predicted octanol–water partition coefficient (Wildman–Crippen LogP) is 4.49. The lowest BCUT2D eigenvalue weighted by atomic mass is 9.51. The molecule has 0 spiro atoms. The fourth-order valence-electron chi connectivity index (χ4n) is 3.53. The quantitative estimate of drug-likeness (QED) is 0.801. The Bertz CT molecular complexity index is 741. The van der Waals surface area contributed by atoms with E-state index in [-0.39, 0.29) is 10.6 Å². The molecule has 1 aromatic carbocycles. The van der Waals surface area contributed by atoms with E-state index >= 15 is 0 Å². The van der Waals surface area contributed by atoms with Gasteiger partial charge in [-0.1, -0.05) is 11.6 Å². The highest BCUT2D eigenvalue weighted by Gasteiger charge is 2.74. The molecule has 1 aliphatic carbocycles. The Morgan fingerprint density at radius 2 is 1.74 bits per heavy atom. The van der Waals surface area contributed by atoms with Crippen molar-refractivity contribution in [1.82, 2.24) is 10.2 Å². The molecule has 8 heteroatoms. The maximum Gasteiger partial charge on any atom is 0.256 e. The first-order chi connectivity index (χ1) is 10.4. The number of rotatable bonds is 3. The van der Waals surface area contributed by atoms with Crippen molar-refractivity contribution in [3.63, 3.8) is 0 Å². The third kappa shape index (κ3) is 2.24. The van der Waals surface area contributed by atoms with Gasteiger partial charge in [-0.15, -0.1) is 0 Å². The molecule has 0 radical (unpaired) electrons. The molecule has 0 saturated heterocycles. The third-order valence-corrected chi connectivity index (χ3v) is 5.10. The number of benzene rings is 1.